The first-order valence-corrected chi connectivity index (χ1v) is 9.03. The average molecular weight is 348 g/mol. The molecular weight excluding hydrogens is 328 g/mol. The van der Waals surface area contributed by atoms with Crippen LogP contribution in [0.2, 0.25) is 0 Å². The molecule has 0 spiro atoms. The van der Waals surface area contributed by atoms with Gasteiger partial charge in [-0.05, 0) is 37.0 Å². The Bertz CT molecular complexity index is 1080. The number of hydrogen-bond donors (Lipinski definition) is 0. The van der Waals surface area contributed by atoms with Crippen molar-refractivity contribution in [2.45, 2.75) is 25.8 Å². The Morgan fingerprint density at radius 1 is 1.12 bits per heavy atom. The zero-order valence-electron chi connectivity index (χ0n) is 14.6. The van der Waals surface area contributed by atoms with Crippen molar-refractivity contribution in [3.05, 3.63) is 70.0 Å². The van der Waals surface area contributed by atoms with E-state index in [1.54, 1.807) is 6.07 Å². The Kier molecular flexibility index (Phi) is 3.29. The molecule has 3 aromatic rings. The van der Waals surface area contributed by atoms with Gasteiger partial charge in [-0.25, -0.2) is 4.98 Å². The molecule has 0 N–H and O–H groups in total. The van der Waals surface area contributed by atoms with Crippen LogP contribution in [0.1, 0.15) is 34.1 Å². The number of piperidine rings is 1. The highest BCUT2D eigenvalue weighted by atomic mass is 16.2. The van der Waals surface area contributed by atoms with Crippen molar-refractivity contribution in [2.75, 3.05) is 13.1 Å². The molecule has 1 amide bonds. The van der Waals surface area contributed by atoms with E-state index in [-0.39, 0.29) is 17.4 Å². The lowest BCUT2D eigenvalue weighted by molar-refractivity contribution is 0.0589. The fourth-order valence-corrected chi connectivity index (χ4v) is 4.43. The summed E-state index contributed by atoms with van der Waals surface area (Å²) in [5.74, 6) is 0.525. The first kappa shape index (κ1) is 15.4. The number of rotatable bonds is 1. The van der Waals surface area contributed by atoms with Crippen LogP contribution in [0.3, 0.4) is 0 Å². The molecule has 132 valence electrons. The molecule has 26 heavy (non-hydrogen) atoms. The number of imidazole rings is 1. The van der Waals surface area contributed by atoms with E-state index in [2.05, 4.69) is 4.98 Å². The summed E-state index contributed by atoms with van der Waals surface area (Å²) >= 11 is 0. The number of carbonyl (C=O) groups is 1. The van der Waals surface area contributed by atoms with Gasteiger partial charge in [0.1, 0.15) is 11.3 Å². The van der Waals surface area contributed by atoms with Crippen molar-refractivity contribution in [2.24, 2.45) is 5.92 Å². The molecule has 2 aliphatic heterocycles. The fourth-order valence-electron chi connectivity index (χ4n) is 4.43. The molecule has 3 aromatic heterocycles. The highest BCUT2D eigenvalue weighted by Gasteiger charge is 2.36. The topological polar surface area (TPSA) is 59.6 Å². The number of nitrogens with zero attached hydrogens (tertiary/aromatic N) is 4. The van der Waals surface area contributed by atoms with Gasteiger partial charge in [-0.1, -0.05) is 12.1 Å². The maximum absolute atomic E-state index is 13.0. The molecule has 6 nitrogen and oxygen atoms in total. The molecule has 5 rings (SSSR count). The van der Waals surface area contributed by atoms with Gasteiger partial charge >= 0.3 is 0 Å². The summed E-state index contributed by atoms with van der Waals surface area (Å²) < 4.78 is 3.79. The number of pyridine rings is 2. The Labute approximate surface area is 150 Å². The monoisotopic (exact) mass is 348 g/mol. The second kappa shape index (κ2) is 5.56. The second-order valence-corrected chi connectivity index (χ2v) is 7.51. The normalized spacial score (nSPS) is 21.7. The van der Waals surface area contributed by atoms with Gasteiger partial charge in [-0.2, -0.15) is 0 Å². The SMILES string of the molecule is Cc1ccc2nc(C(=O)N3CC4CC(C3)c3cccc(=O)n3C4)cn2c1. The Balaban J connectivity index is 1.46. The van der Waals surface area contributed by atoms with Gasteiger partial charge in [0.2, 0.25) is 0 Å². The third-order valence-corrected chi connectivity index (χ3v) is 5.59. The van der Waals surface area contributed by atoms with E-state index in [0.717, 1.165) is 23.3 Å². The molecule has 0 aromatic carbocycles. The minimum atomic E-state index is -0.0206. The van der Waals surface area contributed by atoms with E-state index in [4.69, 9.17) is 0 Å². The van der Waals surface area contributed by atoms with Crippen LogP contribution >= 0.6 is 0 Å². The van der Waals surface area contributed by atoms with Gasteiger partial charge in [0.15, 0.2) is 0 Å². The minimum Gasteiger partial charge on any atom is -0.336 e. The quantitative estimate of drug-likeness (QED) is 0.676. The number of fused-ring (bicyclic) bond motifs is 5. The van der Waals surface area contributed by atoms with Crippen LogP contribution in [0.5, 0.6) is 0 Å². The molecule has 2 atom stereocenters. The first-order chi connectivity index (χ1) is 12.6. The number of aryl methyl sites for hydroxylation is 1. The molecule has 1 saturated heterocycles. The average Bonchev–Trinajstić information content (AvgIpc) is 3.05. The summed E-state index contributed by atoms with van der Waals surface area (Å²) in [7, 11) is 0. The molecule has 5 heterocycles. The lowest BCUT2D eigenvalue weighted by Crippen LogP contribution is -2.49. The first-order valence-electron chi connectivity index (χ1n) is 9.03. The van der Waals surface area contributed by atoms with E-state index in [1.165, 1.54) is 0 Å². The van der Waals surface area contributed by atoms with Crippen LogP contribution < -0.4 is 5.56 Å². The number of hydrogen-bond acceptors (Lipinski definition) is 3. The van der Waals surface area contributed by atoms with E-state index in [1.807, 2.05) is 57.5 Å². The molecule has 2 aliphatic rings. The number of likely N-dealkylation sites (tertiary alicyclic amines) is 1. The third-order valence-electron chi connectivity index (χ3n) is 5.59. The summed E-state index contributed by atoms with van der Waals surface area (Å²) in [4.78, 5) is 31.6. The van der Waals surface area contributed by atoms with Gasteiger partial charge in [0.25, 0.3) is 11.5 Å². The molecule has 1 fully saturated rings. The maximum atomic E-state index is 13.0. The van der Waals surface area contributed by atoms with E-state index >= 15 is 0 Å². The number of aromatic nitrogens is 3. The van der Waals surface area contributed by atoms with E-state index in [0.29, 0.717) is 31.2 Å². The summed E-state index contributed by atoms with van der Waals surface area (Å²) in [6, 6.07) is 9.38. The third kappa shape index (κ3) is 2.36. The van der Waals surface area contributed by atoms with Gasteiger partial charge in [-0.3, -0.25) is 9.59 Å². The van der Waals surface area contributed by atoms with Crippen LogP contribution in [-0.4, -0.2) is 37.8 Å². The highest BCUT2D eigenvalue weighted by Crippen LogP contribution is 2.35. The number of carbonyl (C=O) groups excluding carboxylic acids is 1. The van der Waals surface area contributed by atoms with Gasteiger partial charge in [0, 0.05) is 49.7 Å². The van der Waals surface area contributed by atoms with Crippen molar-refractivity contribution in [1.82, 2.24) is 18.9 Å². The van der Waals surface area contributed by atoms with Crippen LogP contribution in [0.4, 0.5) is 0 Å². The number of amides is 1. The summed E-state index contributed by atoms with van der Waals surface area (Å²) in [5.41, 5.74) is 3.52. The van der Waals surface area contributed by atoms with E-state index < -0.39 is 0 Å². The molecular formula is C20H20N4O2. The molecule has 0 saturated carbocycles. The van der Waals surface area contributed by atoms with Crippen molar-refractivity contribution >= 4 is 11.6 Å². The van der Waals surface area contributed by atoms with Gasteiger partial charge < -0.3 is 13.9 Å². The summed E-state index contributed by atoms with van der Waals surface area (Å²) in [6.45, 7) is 4.04. The van der Waals surface area contributed by atoms with Gasteiger partial charge in [0.05, 0.1) is 0 Å². The maximum Gasteiger partial charge on any atom is 0.274 e. The molecule has 2 bridgehead atoms. The van der Waals surface area contributed by atoms with Crippen LogP contribution in [0, 0.1) is 12.8 Å². The van der Waals surface area contributed by atoms with Crippen molar-refractivity contribution in [3.8, 4) is 0 Å². The zero-order chi connectivity index (χ0) is 17.8. The Morgan fingerprint density at radius 3 is 2.88 bits per heavy atom. The van der Waals surface area contributed by atoms with E-state index in [9.17, 15) is 9.59 Å². The molecule has 6 heteroatoms. The van der Waals surface area contributed by atoms with Gasteiger partial charge in [-0.15, -0.1) is 0 Å². The second-order valence-electron chi connectivity index (χ2n) is 7.51. The van der Waals surface area contributed by atoms with Crippen molar-refractivity contribution in [3.63, 3.8) is 0 Å². The standard InChI is InChI=1S/C20H20N4O2/c1-13-5-6-18-21-16(12-22(18)8-13)20(26)23-9-14-7-15(11-23)17-3-2-4-19(25)24(17)10-14/h2-6,8,12,14-15H,7,9-11H2,1H3. The van der Waals surface area contributed by atoms with Crippen molar-refractivity contribution < 1.29 is 4.79 Å². The Hall–Kier alpha value is -2.89. The zero-order valence-corrected chi connectivity index (χ0v) is 14.6. The van der Waals surface area contributed by atoms with Crippen LogP contribution in [0.25, 0.3) is 5.65 Å². The summed E-state index contributed by atoms with van der Waals surface area (Å²) in [6.07, 6.45) is 4.83. The van der Waals surface area contributed by atoms with Crippen molar-refractivity contribution in [1.29, 1.82) is 0 Å². The largest absolute Gasteiger partial charge is 0.336 e. The predicted molar refractivity (Wildman–Crippen MR) is 97.4 cm³/mol. The smallest absolute Gasteiger partial charge is 0.274 e. The molecule has 0 radical (unpaired) electrons. The predicted octanol–water partition coefficient (Wildman–Crippen LogP) is 2.06. The fraction of sp³-hybridized carbons (Fsp3) is 0.350. The lowest BCUT2D eigenvalue weighted by Gasteiger charge is -2.42. The lowest BCUT2D eigenvalue weighted by atomic mass is 9.83. The summed E-state index contributed by atoms with van der Waals surface area (Å²) in [5, 5.41) is 0. The van der Waals surface area contributed by atoms with Crippen LogP contribution in [-0.2, 0) is 6.54 Å². The minimum absolute atomic E-state index is 0.0206. The highest BCUT2D eigenvalue weighted by molar-refractivity contribution is 5.93. The molecule has 2 unspecified atom stereocenters. The molecule has 0 aliphatic carbocycles. The Morgan fingerprint density at radius 2 is 2.00 bits per heavy atom. The van der Waals surface area contributed by atoms with Crippen LogP contribution in [0.15, 0.2) is 47.5 Å².